The Labute approximate surface area is 68.4 Å². The second-order valence-corrected chi connectivity index (χ2v) is 6.27. The van der Waals surface area contributed by atoms with Gasteiger partial charge in [-0.2, -0.15) is 12.6 Å². The molecule has 2 atom stereocenters. The smallest absolute Gasteiger partial charge is 0.00825 e. The van der Waals surface area contributed by atoms with Gasteiger partial charge in [0.25, 0.3) is 0 Å². The van der Waals surface area contributed by atoms with Crippen molar-refractivity contribution in [3.63, 3.8) is 0 Å². The summed E-state index contributed by atoms with van der Waals surface area (Å²) in [5.74, 6) is 1.67. The summed E-state index contributed by atoms with van der Waals surface area (Å²) in [7, 11) is 5.65. The lowest BCUT2D eigenvalue weighted by Gasteiger charge is -2.23. The minimum atomic E-state index is 0.261. The molecule has 56 valence electrons. The van der Waals surface area contributed by atoms with E-state index in [1.807, 2.05) is 0 Å². The molecule has 0 nitrogen and oxygen atoms in total. The van der Waals surface area contributed by atoms with E-state index < -0.39 is 0 Å². The number of hydrogen-bond acceptors (Lipinski definition) is 1. The fourth-order valence-corrected chi connectivity index (χ4v) is 1.90. The minimum Gasteiger partial charge on any atom is -0.178 e. The summed E-state index contributed by atoms with van der Waals surface area (Å²) in [6.07, 6.45) is 1.20. The van der Waals surface area contributed by atoms with Gasteiger partial charge >= 0.3 is 0 Å². The molecule has 0 bridgehead atoms. The van der Waals surface area contributed by atoms with Gasteiger partial charge in [-0.25, -0.2) is 0 Å². The van der Waals surface area contributed by atoms with Gasteiger partial charge in [-0.3, -0.25) is 0 Å². The summed E-state index contributed by atoms with van der Waals surface area (Å²) in [6.45, 7) is 4.46. The van der Waals surface area contributed by atoms with Gasteiger partial charge in [-0.1, -0.05) is 13.8 Å². The van der Waals surface area contributed by atoms with Gasteiger partial charge in [0.1, 0.15) is 0 Å². The Morgan fingerprint density at radius 3 is 2.00 bits per heavy atom. The Morgan fingerprint density at radius 2 is 1.89 bits per heavy atom. The largest absolute Gasteiger partial charge is 0.178 e. The van der Waals surface area contributed by atoms with Crippen LogP contribution >= 0.6 is 31.1 Å². The van der Waals surface area contributed by atoms with Crippen LogP contribution in [-0.4, -0.2) is 10.7 Å². The third-order valence-corrected chi connectivity index (χ3v) is 3.24. The van der Waals surface area contributed by atoms with Gasteiger partial charge in [0.05, 0.1) is 0 Å². The van der Waals surface area contributed by atoms with Crippen LogP contribution in [0.5, 0.6) is 0 Å². The summed E-state index contributed by atoms with van der Waals surface area (Å²) in [5, 5.41) is 0. The van der Waals surface area contributed by atoms with E-state index in [0.29, 0.717) is 0 Å². The third-order valence-electron chi connectivity index (χ3n) is 1.08. The molecule has 0 fully saturated rings. The van der Waals surface area contributed by atoms with Crippen LogP contribution in [0.15, 0.2) is 0 Å². The molecule has 0 aromatic carbocycles. The Kier molecular flexibility index (Phi) is 4.72. The predicted octanol–water partition coefficient (Wildman–Crippen LogP) is 2.41. The monoisotopic (exact) mass is 182 g/mol. The van der Waals surface area contributed by atoms with E-state index in [1.165, 1.54) is 6.42 Å². The molecule has 0 N–H and O–H groups in total. The minimum absolute atomic E-state index is 0.261. The summed E-state index contributed by atoms with van der Waals surface area (Å²) >= 11 is 4.23. The van der Waals surface area contributed by atoms with Gasteiger partial charge in [0, 0.05) is 10.7 Å². The molecule has 0 aromatic heterocycles. The summed E-state index contributed by atoms with van der Waals surface area (Å²) < 4.78 is 0. The molecular weight excluding hydrogens is 166 g/mol. The summed E-state index contributed by atoms with van der Waals surface area (Å²) in [5.41, 5.74) is 0. The van der Waals surface area contributed by atoms with E-state index >= 15 is 0 Å². The Morgan fingerprint density at radius 1 is 1.44 bits per heavy atom. The maximum atomic E-state index is 4.23. The fourth-order valence-electron chi connectivity index (χ4n) is 0.825. The van der Waals surface area contributed by atoms with Crippen LogP contribution in [0, 0.1) is 5.92 Å². The van der Waals surface area contributed by atoms with Gasteiger partial charge in [-0.05, 0) is 12.3 Å². The lowest BCUT2D eigenvalue weighted by molar-refractivity contribution is 0.568. The Bertz CT molecular complexity index is 81.1. The molecule has 0 heterocycles. The van der Waals surface area contributed by atoms with Crippen LogP contribution in [0.25, 0.3) is 0 Å². The number of thiol groups is 1. The van der Waals surface area contributed by atoms with Crippen LogP contribution in [0.4, 0.5) is 0 Å². The molecule has 0 saturated carbocycles. The molecule has 9 heavy (non-hydrogen) atoms. The second-order valence-electron chi connectivity index (χ2n) is 2.99. The summed E-state index contributed by atoms with van der Waals surface area (Å²) in [4.78, 5) is 0.261. The van der Waals surface area contributed by atoms with Crippen molar-refractivity contribution in [2.45, 2.75) is 25.2 Å². The van der Waals surface area contributed by atoms with Gasteiger partial charge in [0.2, 0.25) is 0 Å². The first-order chi connectivity index (χ1) is 3.98. The molecule has 0 rings (SSSR count). The van der Waals surface area contributed by atoms with E-state index in [1.54, 1.807) is 0 Å². The van der Waals surface area contributed by atoms with E-state index in [0.717, 1.165) is 11.7 Å². The lowest BCUT2D eigenvalue weighted by Crippen LogP contribution is -2.15. The fraction of sp³-hybridized carbons (Fsp3) is 1.00. The average Bonchev–Trinajstić information content (AvgIpc) is 1.63. The van der Waals surface area contributed by atoms with Crippen LogP contribution in [0.3, 0.4) is 0 Å². The zero-order valence-corrected chi connectivity index (χ0v) is 9.30. The SMILES string of the molecule is CC(C)CC(P)(P)CS. The molecule has 2 unspecified atom stereocenters. The van der Waals surface area contributed by atoms with Crippen molar-refractivity contribution in [3.8, 4) is 0 Å². The molecule has 0 aromatic rings. The van der Waals surface area contributed by atoms with Gasteiger partial charge < -0.3 is 0 Å². The highest BCUT2D eigenvalue weighted by atomic mass is 32.1. The normalized spacial score (nSPS) is 12.7. The van der Waals surface area contributed by atoms with E-state index in [4.69, 9.17) is 0 Å². The number of hydrogen-bond donors (Lipinski definition) is 1. The standard InChI is InChI=1S/C6H16P2S/c1-5(2)3-6(7,8)4-9/h5,9H,3-4,7-8H2,1-2H3. The second kappa shape index (κ2) is 4.16. The van der Waals surface area contributed by atoms with Crippen LogP contribution < -0.4 is 0 Å². The molecule has 0 saturated heterocycles. The Balaban J connectivity index is 3.58. The summed E-state index contributed by atoms with van der Waals surface area (Å²) in [6, 6.07) is 0. The van der Waals surface area contributed by atoms with Gasteiger partial charge in [-0.15, -0.1) is 18.5 Å². The van der Waals surface area contributed by atoms with Crippen molar-refractivity contribution in [1.82, 2.24) is 0 Å². The number of rotatable bonds is 3. The lowest BCUT2D eigenvalue weighted by atomic mass is 10.1. The quantitative estimate of drug-likeness (QED) is 0.503. The van der Waals surface area contributed by atoms with Crippen molar-refractivity contribution in [3.05, 3.63) is 0 Å². The first-order valence-electron chi connectivity index (χ1n) is 3.16. The zero-order valence-electron chi connectivity index (χ0n) is 6.09. The first-order valence-corrected chi connectivity index (χ1v) is 4.95. The average molecular weight is 182 g/mol. The molecule has 3 heteroatoms. The van der Waals surface area contributed by atoms with E-state index in [-0.39, 0.29) is 4.90 Å². The van der Waals surface area contributed by atoms with Crippen molar-refractivity contribution >= 4 is 31.1 Å². The highest BCUT2D eigenvalue weighted by molar-refractivity contribution is 7.81. The van der Waals surface area contributed by atoms with Crippen molar-refractivity contribution in [2.75, 3.05) is 5.75 Å². The van der Waals surface area contributed by atoms with Crippen LogP contribution in [0.2, 0.25) is 0 Å². The predicted molar refractivity (Wildman–Crippen MR) is 55.5 cm³/mol. The van der Waals surface area contributed by atoms with E-state index in [2.05, 4.69) is 45.0 Å². The van der Waals surface area contributed by atoms with Crippen LogP contribution in [0.1, 0.15) is 20.3 Å². The zero-order chi connectivity index (χ0) is 7.49. The highest BCUT2D eigenvalue weighted by Gasteiger charge is 2.16. The molecule has 0 aliphatic carbocycles. The maximum Gasteiger partial charge on any atom is 0.00825 e. The van der Waals surface area contributed by atoms with Crippen LogP contribution in [-0.2, 0) is 0 Å². The molecule has 0 radical (unpaired) electrons. The van der Waals surface area contributed by atoms with Gasteiger partial charge in [0.15, 0.2) is 0 Å². The molecule has 0 aliphatic heterocycles. The topological polar surface area (TPSA) is 0 Å². The van der Waals surface area contributed by atoms with Crippen molar-refractivity contribution < 1.29 is 0 Å². The maximum absolute atomic E-state index is 4.23. The highest BCUT2D eigenvalue weighted by Crippen LogP contribution is 2.34. The first kappa shape index (κ1) is 10.2. The molecular formula is C6H16P2S. The molecule has 0 aliphatic rings. The Hall–Kier alpha value is 1.21. The van der Waals surface area contributed by atoms with E-state index in [9.17, 15) is 0 Å². The third kappa shape index (κ3) is 5.64. The molecule has 0 amide bonds. The van der Waals surface area contributed by atoms with Crippen molar-refractivity contribution in [1.29, 1.82) is 0 Å². The van der Waals surface area contributed by atoms with Crippen molar-refractivity contribution in [2.24, 2.45) is 5.92 Å². The molecule has 0 spiro atoms.